The van der Waals surface area contributed by atoms with E-state index in [1.54, 1.807) is 35.6 Å². The van der Waals surface area contributed by atoms with Gasteiger partial charge >= 0.3 is 0 Å². The van der Waals surface area contributed by atoms with Gasteiger partial charge in [0.2, 0.25) is 5.91 Å². The first-order valence-electron chi connectivity index (χ1n) is 8.47. The van der Waals surface area contributed by atoms with E-state index in [-0.39, 0.29) is 18.2 Å². The number of carbonyl (C=O) groups is 2. The van der Waals surface area contributed by atoms with Crippen LogP contribution in [0.1, 0.15) is 54.7 Å². The van der Waals surface area contributed by atoms with E-state index < -0.39 is 0 Å². The molecule has 0 bridgehead atoms. The number of anilines is 1. The molecule has 6 heteroatoms. The molecule has 25 heavy (non-hydrogen) atoms. The smallest absolute Gasteiger partial charge is 0.251 e. The topological polar surface area (TPSA) is 71.1 Å². The van der Waals surface area contributed by atoms with Crippen molar-refractivity contribution in [3.8, 4) is 0 Å². The van der Waals surface area contributed by atoms with Gasteiger partial charge in [0.1, 0.15) is 0 Å². The van der Waals surface area contributed by atoms with E-state index >= 15 is 0 Å². The zero-order valence-electron chi connectivity index (χ0n) is 15.1. The minimum Gasteiger partial charge on any atom is -0.352 e. The van der Waals surface area contributed by atoms with Crippen molar-refractivity contribution in [1.82, 2.24) is 10.3 Å². The van der Waals surface area contributed by atoms with Crippen molar-refractivity contribution in [2.45, 2.75) is 40.0 Å². The summed E-state index contributed by atoms with van der Waals surface area (Å²) < 4.78 is 0. The molecule has 1 aromatic heterocycles. The van der Waals surface area contributed by atoms with Gasteiger partial charge in [-0.05, 0) is 30.2 Å². The van der Waals surface area contributed by atoms with Gasteiger partial charge in [-0.3, -0.25) is 9.59 Å². The standard InChI is InChI=1S/C19H25N3O2S/c1-12(2)10-20-18(24)14-5-7-15(8-6-14)21-17(23)9-16-11-25-19(22-16)13(3)4/h5-8,11-13H,9-10H2,1-4H3,(H,20,24)(H,21,23). The third-order valence-corrected chi connectivity index (χ3v) is 4.70. The SMILES string of the molecule is CC(C)CNC(=O)c1ccc(NC(=O)Cc2csc(C(C)C)n2)cc1. The monoisotopic (exact) mass is 359 g/mol. The summed E-state index contributed by atoms with van der Waals surface area (Å²) >= 11 is 1.58. The molecule has 2 amide bonds. The maximum Gasteiger partial charge on any atom is 0.251 e. The fraction of sp³-hybridized carbons (Fsp3) is 0.421. The van der Waals surface area contributed by atoms with Gasteiger partial charge in [0.05, 0.1) is 17.1 Å². The van der Waals surface area contributed by atoms with Crippen LogP contribution in [0, 0.1) is 5.92 Å². The molecule has 1 aromatic carbocycles. The molecule has 0 fully saturated rings. The van der Waals surface area contributed by atoms with Crippen LogP contribution in [0.3, 0.4) is 0 Å². The average Bonchev–Trinajstić information content (AvgIpc) is 3.02. The molecule has 1 heterocycles. The summed E-state index contributed by atoms with van der Waals surface area (Å²) in [5, 5.41) is 8.68. The van der Waals surface area contributed by atoms with Gasteiger partial charge in [-0.25, -0.2) is 4.98 Å². The number of amides is 2. The maximum atomic E-state index is 12.1. The molecule has 0 atom stereocenters. The number of nitrogens with one attached hydrogen (secondary N) is 2. The van der Waals surface area contributed by atoms with Crippen LogP contribution in [0.5, 0.6) is 0 Å². The van der Waals surface area contributed by atoms with Crippen molar-refractivity contribution >= 4 is 28.8 Å². The predicted octanol–water partition coefficient (Wildman–Crippen LogP) is 3.83. The van der Waals surface area contributed by atoms with Crippen LogP contribution < -0.4 is 10.6 Å². The molecule has 5 nitrogen and oxygen atoms in total. The lowest BCUT2D eigenvalue weighted by Crippen LogP contribution is -2.27. The highest BCUT2D eigenvalue weighted by molar-refractivity contribution is 7.09. The first-order valence-corrected chi connectivity index (χ1v) is 9.35. The van der Waals surface area contributed by atoms with Crippen LogP contribution in [-0.4, -0.2) is 23.3 Å². The fourth-order valence-electron chi connectivity index (χ4n) is 2.14. The van der Waals surface area contributed by atoms with Gasteiger partial charge in [-0.2, -0.15) is 0 Å². The molecular formula is C19H25N3O2S. The third kappa shape index (κ3) is 5.98. The lowest BCUT2D eigenvalue weighted by atomic mass is 10.1. The van der Waals surface area contributed by atoms with E-state index in [0.29, 0.717) is 29.6 Å². The number of carbonyl (C=O) groups excluding carboxylic acids is 2. The van der Waals surface area contributed by atoms with Crippen molar-refractivity contribution in [1.29, 1.82) is 0 Å². The van der Waals surface area contributed by atoms with E-state index in [1.165, 1.54) is 0 Å². The second kappa shape index (κ2) is 8.76. The summed E-state index contributed by atoms with van der Waals surface area (Å²) in [6.45, 7) is 8.91. The molecule has 0 aliphatic carbocycles. The highest BCUT2D eigenvalue weighted by Crippen LogP contribution is 2.19. The summed E-state index contributed by atoms with van der Waals surface area (Å²) in [6, 6.07) is 6.90. The molecule has 0 aliphatic heterocycles. The summed E-state index contributed by atoms with van der Waals surface area (Å²) in [5.41, 5.74) is 2.04. The van der Waals surface area contributed by atoms with E-state index in [4.69, 9.17) is 0 Å². The number of hydrogen-bond acceptors (Lipinski definition) is 4. The molecule has 2 aromatic rings. The Bertz CT molecular complexity index is 721. The van der Waals surface area contributed by atoms with E-state index in [1.807, 2.05) is 19.2 Å². The Morgan fingerprint density at radius 3 is 2.36 bits per heavy atom. The van der Waals surface area contributed by atoms with Gasteiger partial charge in [-0.15, -0.1) is 11.3 Å². The Kier molecular flexibility index (Phi) is 6.70. The highest BCUT2D eigenvalue weighted by Gasteiger charge is 2.11. The molecular weight excluding hydrogens is 334 g/mol. The van der Waals surface area contributed by atoms with Crippen LogP contribution in [0.2, 0.25) is 0 Å². The zero-order valence-corrected chi connectivity index (χ0v) is 15.9. The van der Waals surface area contributed by atoms with Gasteiger partial charge in [0, 0.05) is 29.1 Å². The van der Waals surface area contributed by atoms with E-state index in [0.717, 1.165) is 10.7 Å². The number of nitrogens with zero attached hydrogens (tertiary/aromatic N) is 1. The molecule has 2 N–H and O–H groups in total. The van der Waals surface area contributed by atoms with Crippen molar-refractivity contribution in [2.75, 3.05) is 11.9 Å². The van der Waals surface area contributed by atoms with Gasteiger partial charge in [-0.1, -0.05) is 27.7 Å². The van der Waals surface area contributed by atoms with E-state index in [2.05, 4.69) is 29.5 Å². The van der Waals surface area contributed by atoms with Gasteiger partial charge in [0.15, 0.2) is 0 Å². The molecule has 0 aliphatic rings. The Morgan fingerprint density at radius 1 is 1.12 bits per heavy atom. The molecule has 134 valence electrons. The second-order valence-corrected chi connectivity index (χ2v) is 7.63. The first kappa shape index (κ1) is 19.1. The molecule has 0 saturated heterocycles. The quantitative estimate of drug-likeness (QED) is 0.789. The van der Waals surface area contributed by atoms with Crippen LogP contribution >= 0.6 is 11.3 Å². The third-order valence-electron chi connectivity index (χ3n) is 3.51. The normalized spacial score (nSPS) is 11.0. The molecule has 0 unspecified atom stereocenters. The van der Waals surface area contributed by atoms with Crippen LogP contribution in [-0.2, 0) is 11.2 Å². The highest BCUT2D eigenvalue weighted by atomic mass is 32.1. The summed E-state index contributed by atoms with van der Waals surface area (Å²) in [4.78, 5) is 28.6. The lowest BCUT2D eigenvalue weighted by molar-refractivity contribution is -0.115. The van der Waals surface area contributed by atoms with Crippen molar-refractivity contribution in [3.05, 3.63) is 45.9 Å². The summed E-state index contributed by atoms with van der Waals surface area (Å²) in [7, 11) is 0. The van der Waals surface area contributed by atoms with Gasteiger partial charge in [0.25, 0.3) is 5.91 Å². The maximum absolute atomic E-state index is 12.1. The van der Waals surface area contributed by atoms with Gasteiger partial charge < -0.3 is 10.6 Å². The largest absolute Gasteiger partial charge is 0.352 e. The Morgan fingerprint density at radius 2 is 1.80 bits per heavy atom. The number of benzene rings is 1. The Labute approximate surface area is 152 Å². The summed E-state index contributed by atoms with van der Waals surface area (Å²) in [5.74, 6) is 0.563. The second-order valence-electron chi connectivity index (χ2n) is 6.74. The number of rotatable bonds is 7. The average molecular weight is 359 g/mol. The Balaban J connectivity index is 1.89. The Hall–Kier alpha value is -2.21. The predicted molar refractivity (Wildman–Crippen MR) is 102 cm³/mol. The van der Waals surface area contributed by atoms with Crippen molar-refractivity contribution in [3.63, 3.8) is 0 Å². The number of aromatic nitrogens is 1. The minimum absolute atomic E-state index is 0.102. The first-order chi connectivity index (χ1) is 11.8. The molecule has 0 saturated carbocycles. The molecule has 2 rings (SSSR count). The van der Waals surface area contributed by atoms with Crippen LogP contribution in [0.25, 0.3) is 0 Å². The van der Waals surface area contributed by atoms with Crippen LogP contribution in [0.15, 0.2) is 29.6 Å². The summed E-state index contributed by atoms with van der Waals surface area (Å²) in [6.07, 6.45) is 0.250. The van der Waals surface area contributed by atoms with Crippen molar-refractivity contribution in [2.24, 2.45) is 5.92 Å². The number of hydrogen-bond donors (Lipinski definition) is 2. The molecule has 0 spiro atoms. The van der Waals surface area contributed by atoms with E-state index in [9.17, 15) is 9.59 Å². The van der Waals surface area contributed by atoms with Crippen molar-refractivity contribution < 1.29 is 9.59 Å². The fourth-order valence-corrected chi connectivity index (χ4v) is 2.98. The molecule has 0 radical (unpaired) electrons. The lowest BCUT2D eigenvalue weighted by Gasteiger charge is -2.09. The minimum atomic E-state index is -0.113. The zero-order chi connectivity index (χ0) is 18.4. The number of thiazole rings is 1. The van der Waals surface area contributed by atoms with Crippen LogP contribution in [0.4, 0.5) is 5.69 Å².